The molecule has 9 aromatic carbocycles. The number of furan rings is 3. The maximum absolute atomic E-state index is 6.70. The molecule has 0 aliphatic rings. The summed E-state index contributed by atoms with van der Waals surface area (Å²) in [5.41, 5.74) is 12.6. The van der Waals surface area contributed by atoms with Crippen molar-refractivity contribution in [1.29, 1.82) is 0 Å². The largest absolute Gasteiger partial charge is 0.456 e. The van der Waals surface area contributed by atoms with Gasteiger partial charge in [-0.05, 0) is 90.0 Å². The molecule has 5 heterocycles. The predicted molar refractivity (Wildman–Crippen MR) is 258 cm³/mol. The lowest BCUT2D eigenvalue weighted by atomic mass is 10.0. The van der Waals surface area contributed by atoms with Gasteiger partial charge in [-0.25, -0.2) is 15.0 Å². The Morgan fingerprint density at radius 2 is 0.781 bits per heavy atom. The first kappa shape index (κ1) is 34.9. The quantitative estimate of drug-likeness (QED) is 0.172. The van der Waals surface area contributed by atoms with Crippen LogP contribution >= 0.6 is 0 Å². The van der Waals surface area contributed by atoms with Gasteiger partial charge in [-0.2, -0.15) is 0 Å². The van der Waals surface area contributed by atoms with Crippen LogP contribution in [0.2, 0.25) is 0 Å². The van der Waals surface area contributed by atoms with Gasteiger partial charge in [-0.3, -0.25) is 0 Å². The first-order chi connectivity index (χ1) is 31.7. The van der Waals surface area contributed by atoms with Crippen molar-refractivity contribution in [2.75, 3.05) is 0 Å². The normalized spacial score (nSPS) is 12.1. The van der Waals surface area contributed by atoms with Crippen LogP contribution in [0.1, 0.15) is 0 Å². The average molecular weight is 821 g/mol. The average Bonchev–Trinajstić information content (AvgIpc) is 4.12. The Bertz CT molecular complexity index is 4080. The van der Waals surface area contributed by atoms with Crippen LogP contribution < -0.4 is 0 Å². The van der Waals surface area contributed by atoms with Crippen molar-refractivity contribution < 1.29 is 13.3 Å². The van der Waals surface area contributed by atoms with Crippen LogP contribution in [-0.4, -0.2) is 19.5 Å². The summed E-state index contributed by atoms with van der Waals surface area (Å²) in [5.74, 6) is 1.50. The molecule has 64 heavy (non-hydrogen) atoms. The fourth-order valence-corrected chi connectivity index (χ4v) is 9.70. The Labute approximate surface area is 364 Å². The molecule has 7 nitrogen and oxygen atoms in total. The second-order valence-electron chi connectivity index (χ2n) is 16.3. The maximum atomic E-state index is 6.70. The summed E-state index contributed by atoms with van der Waals surface area (Å²) < 4.78 is 22.0. The SMILES string of the molecule is c1ccc(-n2c3ccccc3c3cc(-c4ccc5c(c4)oc4cc(-c6nc(-c7cccc8c7oc7ccccc78)nc(-c7cccc8c7oc7ccccc78)n6)ccc45)ccc32)cc1. The second-order valence-corrected chi connectivity index (χ2v) is 16.3. The van der Waals surface area contributed by atoms with Gasteiger partial charge in [0.15, 0.2) is 17.5 Å². The minimum absolute atomic E-state index is 0.496. The number of nitrogens with zero attached hydrogens (tertiary/aromatic N) is 4. The number of benzene rings is 9. The molecular weight excluding hydrogens is 789 g/mol. The van der Waals surface area contributed by atoms with Crippen LogP contribution in [0.5, 0.6) is 0 Å². The van der Waals surface area contributed by atoms with Crippen LogP contribution in [0.4, 0.5) is 0 Å². The van der Waals surface area contributed by atoms with E-state index in [2.05, 4.69) is 132 Å². The van der Waals surface area contributed by atoms with Crippen LogP contribution in [0, 0.1) is 0 Å². The van der Waals surface area contributed by atoms with Gasteiger partial charge in [0.05, 0.1) is 22.2 Å². The van der Waals surface area contributed by atoms with Crippen molar-refractivity contribution >= 4 is 87.6 Å². The maximum Gasteiger partial charge on any atom is 0.167 e. The molecule has 0 bridgehead atoms. The van der Waals surface area contributed by atoms with Crippen molar-refractivity contribution in [3.05, 3.63) is 194 Å². The van der Waals surface area contributed by atoms with Gasteiger partial charge in [0, 0.05) is 54.3 Å². The van der Waals surface area contributed by atoms with Crippen molar-refractivity contribution in [3.63, 3.8) is 0 Å². The molecule has 0 saturated heterocycles. The molecule has 14 rings (SSSR count). The summed E-state index contributed by atoms with van der Waals surface area (Å²) in [7, 11) is 0. The zero-order chi connectivity index (χ0) is 41.9. The number of fused-ring (bicyclic) bond motifs is 12. The molecule has 0 spiro atoms. The van der Waals surface area contributed by atoms with E-state index in [0.717, 1.165) is 99.3 Å². The Hall–Kier alpha value is -8.81. The summed E-state index contributed by atoms with van der Waals surface area (Å²) in [6, 6.07) is 66.9. The first-order valence-electron chi connectivity index (χ1n) is 21.3. The zero-order valence-corrected chi connectivity index (χ0v) is 34.0. The Kier molecular flexibility index (Phi) is 7.27. The molecule has 5 aromatic heterocycles. The third-order valence-electron chi connectivity index (χ3n) is 12.7. The molecule has 0 fully saturated rings. The van der Waals surface area contributed by atoms with Crippen molar-refractivity contribution in [3.8, 4) is 51.0 Å². The fourth-order valence-electron chi connectivity index (χ4n) is 9.70. The van der Waals surface area contributed by atoms with E-state index < -0.39 is 0 Å². The van der Waals surface area contributed by atoms with Crippen molar-refractivity contribution in [2.45, 2.75) is 0 Å². The summed E-state index contributed by atoms with van der Waals surface area (Å²) in [5, 5.41) is 8.55. The van der Waals surface area contributed by atoms with Crippen LogP contribution in [0.25, 0.3) is 139 Å². The van der Waals surface area contributed by atoms with Gasteiger partial charge < -0.3 is 17.8 Å². The van der Waals surface area contributed by atoms with E-state index in [1.807, 2.05) is 66.7 Å². The highest BCUT2D eigenvalue weighted by Gasteiger charge is 2.21. The molecule has 0 unspecified atom stereocenters. The molecule has 0 atom stereocenters. The first-order valence-corrected chi connectivity index (χ1v) is 21.3. The van der Waals surface area contributed by atoms with Gasteiger partial charge in [0.2, 0.25) is 0 Å². The zero-order valence-electron chi connectivity index (χ0n) is 34.0. The molecule has 7 heteroatoms. The fraction of sp³-hybridized carbons (Fsp3) is 0. The summed E-state index contributed by atoms with van der Waals surface area (Å²) in [4.78, 5) is 15.5. The molecule has 0 aliphatic carbocycles. The van der Waals surface area contributed by atoms with Crippen LogP contribution in [0.15, 0.2) is 207 Å². The molecule has 0 amide bonds. The van der Waals surface area contributed by atoms with E-state index in [1.54, 1.807) is 0 Å². The third kappa shape index (κ3) is 5.18. The highest BCUT2D eigenvalue weighted by molar-refractivity contribution is 6.13. The minimum atomic E-state index is 0.496. The van der Waals surface area contributed by atoms with Gasteiger partial charge >= 0.3 is 0 Å². The monoisotopic (exact) mass is 820 g/mol. The highest BCUT2D eigenvalue weighted by Crippen LogP contribution is 2.41. The lowest BCUT2D eigenvalue weighted by molar-refractivity contribution is 0.668. The van der Waals surface area contributed by atoms with E-state index in [1.165, 1.54) is 21.8 Å². The molecule has 298 valence electrons. The van der Waals surface area contributed by atoms with Gasteiger partial charge in [0.25, 0.3) is 0 Å². The standard InChI is InChI=1S/C57H32N4O3/c1-2-12-36(13-3-1)61-47-21-7-4-14-37(47)46-30-33(26-29-48(46)61)34-24-27-40-41-28-25-35(32-52(41)62-51(40)31-34)55-58-56(44-19-10-17-42-38-15-5-8-22-49(38)63-53(42)44)60-57(59-55)45-20-11-18-43-39-16-6-9-23-50(39)64-54(43)45/h1-32H. The van der Waals surface area contributed by atoms with E-state index >= 15 is 0 Å². The van der Waals surface area contributed by atoms with E-state index in [0.29, 0.717) is 17.5 Å². The molecule has 0 radical (unpaired) electrons. The second kappa shape index (κ2) is 13.3. The minimum Gasteiger partial charge on any atom is -0.456 e. The van der Waals surface area contributed by atoms with Gasteiger partial charge in [-0.1, -0.05) is 115 Å². The Morgan fingerprint density at radius 1 is 0.297 bits per heavy atom. The third-order valence-corrected chi connectivity index (χ3v) is 12.7. The molecule has 0 N–H and O–H groups in total. The lowest BCUT2D eigenvalue weighted by Gasteiger charge is -2.09. The summed E-state index contributed by atoms with van der Waals surface area (Å²) >= 11 is 0. The van der Waals surface area contributed by atoms with Gasteiger partial charge in [-0.15, -0.1) is 0 Å². The number of hydrogen-bond acceptors (Lipinski definition) is 6. The van der Waals surface area contributed by atoms with Crippen molar-refractivity contribution in [1.82, 2.24) is 19.5 Å². The van der Waals surface area contributed by atoms with Crippen LogP contribution in [-0.2, 0) is 0 Å². The topological polar surface area (TPSA) is 83.0 Å². The number of hydrogen-bond donors (Lipinski definition) is 0. The Morgan fingerprint density at radius 3 is 1.45 bits per heavy atom. The number of para-hydroxylation sites is 6. The molecule has 0 aliphatic heterocycles. The number of aromatic nitrogens is 4. The van der Waals surface area contributed by atoms with E-state index in [9.17, 15) is 0 Å². The predicted octanol–water partition coefficient (Wildman–Crippen LogP) is 15.3. The molecule has 14 aromatic rings. The van der Waals surface area contributed by atoms with E-state index in [4.69, 9.17) is 28.2 Å². The van der Waals surface area contributed by atoms with Crippen LogP contribution in [0.3, 0.4) is 0 Å². The number of rotatable bonds is 5. The van der Waals surface area contributed by atoms with Gasteiger partial charge in [0.1, 0.15) is 33.5 Å². The van der Waals surface area contributed by atoms with E-state index in [-0.39, 0.29) is 0 Å². The van der Waals surface area contributed by atoms with Crippen molar-refractivity contribution in [2.24, 2.45) is 0 Å². The molecule has 0 saturated carbocycles. The smallest absolute Gasteiger partial charge is 0.167 e. The molecular formula is C57H32N4O3. The highest BCUT2D eigenvalue weighted by atomic mass is 16.3. The summed E-state index contributed by atoms with van der Waals surface area (Å²) in [6.07, 6.45) is 0. The lowest BCUT2D eigenvalue weighted by Crippen LogP contribution is -2.00. The Balaban J connectivity index is 0.916. The summed E-state index contributed by atoms with van der Waals surface area (Å²) in [6.45, 7) is 0.